The lowest BCUT2D eigenvalue weighted by Crippen LogP contribution is -2.22. The Bertz CT molecular complexity index is 233. The van der Waals surface area contributed by atoms with Crippen LogP contribution < -0.4 is 0 Å². The molecule has 66 valence electrons. The number of aliphatic carboxylic acids is 1. The minimum absolute atomic E-state index is 0.486. The number of carbonyl (C=O) groups excluding carboxylic acids is 1. The van der Waals surface area contributed by atoms with Crippen molar-refractivity contribution < 1.29 is 19.4 Å². The predicted octanol–water partition coefficient (Wildman–Crippen LogP) is 0.416. The first-order valence-electron chi connectivity index (χ1n) is 3.48. The van der Waals surface area contributed by atoms with Gasteiger partial charge < -0.3 is 9.84 Å². The van der Waals surface area contributed by atoms with Gasteiger partial charge in [-0.1, -0.05) is 12.8 Å². The van der Waals surface area contributed by atoms with Crippen LogP contribution >= 0.6 is 0 Å². The van der Waals surface area contributed by atoms with E-state index in [1.807, 2.05) is 0 Å². The highest BCUT2D eigenvalue weighted by Gasteiger charge is 2.16. The van der Waals surface area contributed by atoms with Crippen molar-refractivity contribution in [3.05, 3.63) is 0 Å². The largest absolute Gasteiger partial charge is 0.473 e. The number of carboxylic acids is 1. The van der Waals surface area contributed by atoms with Crippen molar-refractivity contribution in [3.8, 4) is 11.8 Å². The summed E-state index contributed by atoms with van der Waals surface area (Å²) in [5.74, 6) is 2.25. The lowest BCUT2D eigenvalue weighted by atomic mass is 10.3. The lowest BCUT2D eigenvalue weighted by Gasteiger charge is -2.06. The van der Waals surface area contributed by atoms with Crippen LogP contribution in [0.4, 0.5) is 0 Å². The number of hydrogen-bond acceptors (Lipinski definition) is 3. The van der Waals surface area contributed by atoms with E-state index < -0.39 is 18.0 Å². The number of carboxylic acid groups (broad SMARTS) is 1. The topological polar surface area (TPSA) is 63.6 Å². The SMILES string of the molecule is CC#CC(CC)OC(=O)C(=O)O. The number of carbonyl (C=O) groups is 2. The third-order valence-electron chi connectivity index (χ3n) is 1.10. The van der Waals surface area contributed by atoms with Crippen LogP contribution in [0.5, 0.6) is 0 Å². The summed E-state index contributed by atoms with van der Waals surface area (Å²) < 4.78 is 4.49. The molecule has 0 saturated heterocycles. The maximum Gasteiger partial charge on any atom is 0.418 e. The van der Waals surface area contributed by atoms with Gasteiger partial charge in [-0.3, -0.25) is 0 Å². The Balaban J connectivity index is 4.09. The molecular formula is C8H10O4. The summed E-state index contributed by atoms with van der Waals surface area (Å²) in [6, 6.07) is 0. The zero-order valence-electron chi connectivity index (χ0n) is 6.96. The fraction of sp³-hybridized carbons (Fsp3) is 0.500. The molecule has 0 aromatic rings. The Labute approximate surface area is 70.5 Å². The summed E-state index contributed by atoms with van der Waals surface area (Å²) in [6.07, 6.45) is -0.126. The average molecular weight is 170 g/mol. The van der Waals surface area contributed by atoms with Gasteiger partial charge in [0.15, 0.2) is 6.10 Å². The molecule has 0 rings (SSSR count). The van der Waals surface area contributed by atoms with Crippen LogP contribution in [0.2, 0.25) is 0 Å². The number of esters is 1. The van der Waals surface area contributed by atoms with Crippen molar-refractivity contribution in [2.24, 2.45) is 0 Å². The first-order valence-corrected chi connectivity index (χ1v) is 3.48. The van der Waals surface area contributed by atoms with Gasteiger partial charge >= 0.3 is 11.9 Å². The molecule has 0 aromatic carbocycles. The summed E-state index contributed by atoms with van der Waals surface area (Å²) in [5.41, 5.74) is 0. The van der Waals surface area contributed by atoms with Gasteiger partial charge in [0.05, 0.1) is 0 Å². The van der Waals surface area contributed by atoms with E-state index in [1.165, 1.54) is 0 Å². The molecule has 0 saturated carbocycles. The second kappa shape index (κ2) is 5.19. The molecule has 4 heteroatoms. The Morgan fingerprint density at radius 3 is 2.50 bits per heavy atom. The lowest BCUT2D eigenvalue weighted by molar-refractivity contribution is -0.165. The quantitative estimate of drug-likeness (QED) is 0.370. The van der Waals surface area contributed by atoms with Crippen molar-refractivity contribution in [2.45, 2.75) is 26.4 Å². The predicted molar refractivity (Wildman–Crippen MR) is 41.3 cm³/mol. The standard InChI is InChI=1S/C8H10O4/c1-3-5-6(4-2)12-8(11)7(9)10/h6H,4H2,1-2H3,(H,9,10). The molecule has 0 aliphatic heterocycles. The molecule has 0 aromatic heterocycles. The highest BCUT2D eigenvalue weighted by molar-refractivity contribution is 6.28. The Kier molecular flexibility index (Phi) is 4.54. The van der Waals surface area contributed by atoms with E-state index in [2.05, 4.69) is 16.6 Å². The van der Waals surface area contributed by atoms with Gasteiger partial charge in [-0.2, -0.15) is 0 Å². The Morgan fingerprint density at radius 1 is 1.58 bits per heavy atom. The summed E-state index contributed by atoms with van der Waals surface area (Å²) >= 11 is 0. The molecule has 0 radical (unpaired) electrons. The molecule has 1 atom stereocenters. The molecule has 0 heterocycles. The Morgan fingerprint density at radius 2 is 2.17 bits per heavy atom. The minimum Gasteiger partial charge on any atom is -0.473 e. The molecule has 0 fully saturated rings. The number of ether oxygens (including phenoxy) is 1. The van der Waals surface area contributed by atoms with Gasteiger partial charge in [-0.15, -0.1) is 5.92 Å². The third kappa shape index (κ3) is 3.62. The zero-order chi connectivity index (χ0) is 9.56. The minimum atomic E-state index is -1.59. The van der Waals surface area contributed by atoms with E-state index in [0.717, 1.165) is 0 Å². The molecule has 1 N–H and O–H groups in total. The fourth-order valence-electron chi connectivity index (χ4n) is 0.555. The van der Waals surface area contributed by atoms with Gasteiger partial charge in [0.2, 0.25) is 0 Å². The fourth-order valence-corrected chi connectivity index (χ4v) is 0.555. The smallest absolute Gasteiger partial charge is 0.418 e. The molecule has 0 aliphatic rings. The number of rotatable bonds is 2. The molecule has 0 aliphatic carbocycles. The summed E-state index contributed by atoms with van der Waals surface area (Å²) in [4.78, 5) is 20.5. The normalized spacial score (nSPS) is 10.8. The van der Waals surface area contributed by atoms with Crippen LogP contribution in [-0.2, 0) is 14.3 Å². The van der Waals surface area contributed by atoms with E-state index in [4.69, 9.17) is 5.11 Å². The molecule has 12 heavy (non-hydrogen) atoms. The van der Waals surface area contributed by atoms with Crippen molar-refractivity contribution >= 4 is 11.9 Å². The first kappa shape index (κ1) is 10.5. The van der Waals surface area contributed by atoms with E-state index in [9.17, 15) is 9.59 Å². The van der Waals surface area contributed by atoms with Gasteiger partial charge in [-0.05, 0) is 13.3 Å². The van der Waals surface area contributed by atoms with Crippen molar-refractivity contribution in [3.63, 3.8) is 0 Å². The van der Waals surface area contributed by atoms with Gasteiger partial charge in [-0.25, -0.2) is 9.59 Å². The van der Waals surface area contributed by atoms with E-state index in [1.54, 1.807) is 13.8 Å². The average Bonchev–Trinajstić information content (AvgIpc) is 2.03. The van der Waals surface area contributed by atoms with Crippen LogP contribution in [0, 0.1) is 11.8 Å². The van der Waals surface area contributed by atoms with Crippen LogP contribution in [0.15, 0.2) is 0 Å². The summed E-state index contributed by atoms with van der Waals surface area (Å²) in [7, 11) is 0. The third-order valence-corrected chi connectivity index (χ3v) is 1.10. The van der Waals surface area contributed by atoms with Crippen LogP contribution in [0.3, 0.4) is 0 Å². The highest BCUT2D eigenvalue weighted by atomic mass is 16.6. The maximum atomic E-state index is 10.5. The molecule has 1 unspecified atom stereocenters. The Hall–Kier alpha value is -1.50. The summed E-state index contributed by atoms with van der Waals surface area (Å²) in [6.45, 7) is 3.35. The zero-order valence-corrected chi connectivity index (χ0v) is 6.96. The van der Waals surface area contributed by atoms with Crippen LogP contribution in [0.25, 0.3) is 0 Å². The number of hydrogen-bond donors (Lipinski definition) is 1. The monoisotopic (exact) mass is 170 g/mol. The van der Waals surface area contributed by atoms with Gasteiger partial charge in [0, 0.05) is 0 Å². The first-order chi connectivity index (χ1) is 5.61. The second-order valence-corrected chi connectivity index (χ2v) is 2.00. The molecule has 4 nitrogen and oxygen atoms in total. The van der Waals surface area contributed by atoms with Crippen molar-refractivity contribution in [1.29, 1.82) is 0 Å². The molecule has 0 bridgehead atoms. The molecular weight excluding hydrogens is 160 g/mol. The summed E-state index contributed by atoms with van der Waals surface area (Å²) in [5, 5.41) is 8.17. The van der Waals surface area contributed by atoms with Gasteiger partial charge in [0.25, 0.3) is 0 Å². The second-order valence-electron chi connectivity index (χ2n) is 2.00. The van der Waals surface area contributed by atoms with E-state index in [-0.39, 0.29) is 0 Å². The maximum absolute atomic E-state index is 10.5. The molecule has 0 amide bonds. The van der Waals surface area contributed by atoms with E-state index >= 15 is 0 Å². The van der Waals surface area contributed by atoms with Crippen molar-refractivity contribution in [1.82, 2.24) is 0 Å². The van der Waals surface area contributed by atoms with Crippen molar-refractivity contribution in [2.75, 3.05) is 0 Å². The van der Waals surface area contributed by atoms with Gasteiger partial charge in [0.1, 0.15) is 0 Å². The highest BCUT2D eigenvalue weighted by Crippen LogP contribution is 1.96. The van der Waals surface area contributed by atoms with E-state index in [0.29, 0.717) is 6.42 Å². The van der Waals surface area contributed by atoms with Crippen LogP contribution in [0.1, 0.15) is 20.3 Å². The molecule has 0 spiro atoms. The van der Waals surface area contributed by atoms with Crippen LogP contribution in [-0.4, -0.2) is 23.1 Å².